The van der Waals surface area contributed by atoms with E-state index in [-0.39, 0.29) is 4.90 Å². The summed E-state index contributed by atoms with van der Waals surface area (Å²) in [6.07, 6.45) is 1.18. The number of sulfone groups is 1. The van der Waals surface area contributed by atoms with Crippen molar-refractivity contribution in [1.82, 2.24) is 9.97 Å². The fourth-order valence-electron chi connectivity index (χ4n) is 2.62. The Hall–Kier alpha value is -2.51. The molecule has 0 saturated carbocycles. The van der Waals surface area contributed by atoms with Gasteiger partial charge in [-0.05, 0) is 36.4 Å². The molecule has 0 saturated heterocycles. The molecule has 4 rings (SSSR count). The smallest absolute Gasteiger partial charge is 0.175 e. The van der Waals surface area contributed by atoms with Crippen molar-refractivity contribution in [3.05, 3.63) is 48.0 Å². The number of pyridine rings is 1. The summed E-state index contributed by atoms with van der Waals surface area (Å²) in [6, 6.07) is 12.5. The summed E-state index contributed by atoms with van der Waals surface area (Å²) >= 11 is 1.57. The lowest BCUT2D eigenvalue weighted by Crippen LogP contribution is -1.99. The average molecular weight is 355 g/mol. The third kappa shape index (κ3) is 2.51. The van der Waals surface area contributed by atoms with Gasteiger partial charge >= 0.3 is 0 Å². The highest BCUT2D eigenvalue weighted by molar-refractivity contribution is 7.90. The Kier molecular flexibility index (Phi) is 3.29. The molecule has 0 fully saturated rings. The molecule has 0 spiro atoms. The van der Waals surface area contributed by atoms with Gasteiger partial charge in [-0.2, -0.15) is 0 Å². The van der Waals surface area contributed by atoms with Crippen LogP contribution in [0.15, 0.2) is 52.9 Å². The number of rotatable bonds is 2. The van der Waals surface area contributed by atoms with E-state index in [1.807, 2.05) is 23.7 Å². The molecule has 120 valence electrons. The Bertz CT molecular complexity index is 1200. The van der Waals surface area contributed by atoms with Crippen LogP contribution in [0.1, 0.15) is 0 Å². The lowest BCUT2D eigenvalue weighted by atomic mass is 10.1. The second-order valence-corrected chi connectivity index (χ2v) is 8.48. The van der Waals surface area contributed by atoms with Crippen LogP contribution in [-0.4, -0.2) is 24.6 Å². The summed E-state index contributed by atoms with van der Waals surface area (Å²) in [4.78, 5) is 9.14. The van der Waals surface area contributed by atoms with Crippen LogP contribution < -0.4 is 5.73 Å². The topological polar surface area (TPSA) is 85.9 Å². The molecular formula is C17H13N3O2S2. The molecule has 2 aromatic heterocycles. The Morgan fingerprint density at radius 1 is 1.04 bits per heavy atom. The summed E-state index contributed by atoms with van der Waals surface area (Å²) in [5.41, 5.74) is 11.8. The average Bonchev–Trinajstić information content (AvgIpc) is 3.01. The van der Waals surface area contributed by atoms with Gasteiger partial charge in [0.1, 0.15) is 0 Å². The number of thiazole rings is 1. The van der Waals surface area contributed by atoms with E-state index in [1.54, 1.807) is 35.6 Å². The molecule has 2 N–H and O–H groups in total. The van der Waals surface area contributed by atoms with Crippen LogP contribution in [0.2, 0.25) is 0 Å². The number of benzene rings is 2. The highest BCUT2D eigenvalue weighted by atomic mass is 32.2. The van der Waals surface area contributed by atoms with Gasteiger partial charge in [0.2, 0.25) is 0 Å². The number of hydrogen-bond acceptors (Lipinski definition) is 6. The van der Waals surface area contributed by atoms with Gasteiger partial charge < -0.3 is 5.73 Å². The van der Waals surface area contributed by atoms with Crippen LogP contribution in [-0.2, 0) is 9.84 Å². The maximum Gasteiger partial charge on any atom is 0.175 e. The Labute approximate surface area is 142 Å². The van der Waals surface area contributed by atoms with Crippen molar-refractivity contribution < 1.29 is 8.42 Å². The quantitative estimate of drug-likeness (QED) is 0.595. The second-order valence-electron chi connectivity index (χ2n) is 5.58. The molecule has 0 aliphatic carbocycles. The van der Waals surface area contributed by atoms with E-state index in [2.05, 4.69) is 9.97 Å². The van der Waals surface area contributed by atoms with Crippen molar-refractivity contribution in [2.75, 3.05) is 12.0 Å². The van der Waals surface area contributed by atoms with E-state index in [4.69, 9.17) is 5.73 Å². The Balaban J connectivity index is 1.91. The van der Waals surface area contributed by atoms with Crippen molar-refractivity contribution in [2.24, 2.45) is 0 Å². The van der Waals surface area contributed by atoms with Gasteiger partial charge in [-0.15, -0.1) is 11.3 Å². The SMILES string of the molecule is CS(=O)(=O)c1ccc2nc(-c3ccc4ncsc4c3)cc(N)c2c1. The lowest BCUT2D eigenvalue weighted by molar-refractivity contribution is 0.602. The molecule has 4 aromatic rings. The summed E-state index contributed by atoms with van der Waals surface area (Å²) in [6.45, 7) is 0. The molecule has 0 unspecified atom stereocenters. The number of aromatic nitrogens is 2. The van der Waals surface area contributed by atoms with Gasteiger partial charge in [-0.1, -0.05) is 6.07 Å². The van der Waals surface area contributed by atoms with Crippen LogP contribution in [0.5, 0.6) is 0 Å². The van der Waals surface area contributed by atoms with E-state index in [0.717, 1.165) is 21.5 Å². The highest BCUT2D eigenvalue weighted by Crippen LogP contribution is 2.30. The normalized spacial score (nSPS) is 12.0. The van der Waals surface area contributed by atoms with Gasteiger partial charge in [0.05, 0.1) is 31.8 Å². The second kappa shape index (κ2) is 5.25. The minimum Gasteiger partial charge on any atom is -0.398 e. The number of nitrogen functional groups attached to an aromatic ring is 1. The summed E-state index contributed by atoms with van der Waals surface area (Å²) in [5, 5.41) is 0.639. The zero-order chi connectivity index (χ0) is 16.9. The number of hydrogen-bond donors (Lipinski definition) is 1. The standard InChI is InChI=1S/C17H13N3O2S2/c1-24(21,22)11-3-5-14-12(7-11)13(18)8-16(20-14)10-2-4-15-17(6-10)23-9-19-15/h2-9H,1H3,(H2,18,20). The third-order valence-electron chi connectivity index (χ3n) is 3.87. The van der Waals surface area contributed by atoms with Crippen molar-refractivity contribution in [3.8, 4) is 11.3 Å². The van der Waals surface area contributed by atoms with Crippen LogP contribution in [0.3, 0.4) is 0 Å². The van der Waals surface area contributed by atoms with E-state index in [0.29, 0.717) is 16.6 Å². The fraction of sp³-hybridized carbons (Fsp3) is 0.0588. The number of anilines is 1. The van der Waals surface area contributed by atoms with Gasteiger partial charge in [-0.3, -0.25) is 0 Å². The highest BCUT2D eigenvalue weighted by Gasteiger charge is 2.12. The minimum absolute atomic E-state index is 0.238. The van der Waals surface area contributed by atoms with Crippen LogP contribution in [0.25, 0.3) is 32.4 Å². The van der Waals surface area contributed by atoms with Crippen LogP contribution in [0.4, 0.5) is 5.69 Å². The molecule has 0 bridgehead atoms. The molecule has 5 nitrogen and oxygen atoms in total. The first-order valence-corrected chi connectivity index (χ1v) is 9.93. The zero-order valence-electron chi connectivity index (χ0n) is 12.7. The largest absolute Gasteiger partial charge is 0.398 e. The molecule has 0 amide bonds. The zero-order valence-corrected chi connectivity index (χ0v) is 14.4. The third-order valence-corrected chi connectivity index (χ3v) is 5.77. The van der Waals surface area contributed by atoms with Crippen LogP contribution >= 0.6 is 11.3 Å². The maximum atomic E-state index is 11.7. The van der Waals surface area contributed by atoms with Crippen molar-refractivity contribution in [3.63, 3.8) is 0 Å². The Morgan fingerprint density at radius 2 is 1.83 bits per heavy atom. The van der Waals surface area contributed by atoms with E-state index < -0.39 is 9.84 Å². The molecule has 0 aliphatic heterocycles. The predicted octanol–water partition coefficient (Wildman–Crippen LogP) is 3.50. The molecule has 2 heterocycles. The van der Waals surface area contributed by atoms with E-state index >= 15 is 0 Å². The number of nitrogens with zero attached hydrogens (tertiary/aromatic N) is 2. The van der Waals surface area contributed by atoms with E-state index in [9.17, 15) is 8.42 Å². The van der Waals surface area contributed by atoms with Crippen LogP contribution in [0, 0.1) is 0 Å². The van der Waals surface area contributed by atoms with Gasteiger partial charge in [0.15, 0.2) is 9.84 Å². The minimum atomic E-state index is -3.28. The van der Waals surface area contributed by atoms with E-state index in [1.165, 1.54) is 6.26 Å². The first kappa shape index (κ1) is 15.0. The molecule has 24 heavy (non-hydrogen) atoms. The number of nitrogens with two attached hydrogens (primary N) is 1. The lowest BCUT2D eigenvalue weighted by Gasteiger charge is -2.08. The molecule has 2 aromatic carbocycles. The molecule has 7 heteroatoms. The monoisotopic (exact) mass is 355 g/mol. The van der Waals surface area contributed by atoms with Crippen molar-refractivity contribution >= 4 is 48.0 Å². The maximum absolute atomic E-state index is 11.7. The summed E-state index contributed by atoms with van der Waals surface area (Å²) in [7, 11) is -3.28. The molecule has 0 aliphatic rings. The molecule has 0 atom stereocenters. The first-order chi connectivity index (χ1) is 11.4. The summed E-state index contributed by atoms with van der Waals surface area (Å²) in [5.74, 6) is 0. The number of fused-ring (bicyclic) bond motifs is 2. The molecular weight excluding hydrogens is 342 g/mol. The van der Waals surface area contributed by atoms with Gasteiger partial charge in [0, 0.05) is 22.9 Å². The Morgan fingerprint density at radius 3 is 2.62 bits per heavy atom. The van der Waals surface area contributed by atoms with Gasteiger partial charge in [-0.25, -0.2) is 18.4 Å². The van der Waals surface area contributed by atoms with Crippen molar-refractivity contribution in [1.29, 1.82) is 0 Å². The fourth-order valence-corrected chi connectivity index (χ4v) is 3.99. The predicted molar refractivity (Wildman–Crippen MR) is 97.9 cm³/mol. The molecule has 0 radical (unpaired) electrons. The summed E-state index contributed by atoms with van der Waals surface area (Å²) < 4.78 is 24.5. The van der Waals surface area contributed by atoms with Crippen molar-refractivity contribution in [2.45, 2.75) is 4.90 Å². The van der Waals surface area contributed by atoms with Gasteiger partial charge in [0.25, 0.3) is 0 Å². The first-order valence-electron chi connectivity index (χ1n) is 7.16.